The van der Waals surface area contributed by atoms with Crippen LogP contribution in [0.4, 0.5) is 5.69 Å². The number of benzene rings is 1. The number of anilines is 1. The van der Waals surface area contributed by atoms with E-state index in [0.29, 0.717) is 65.1 Å². The molecule has 5 rings (SSSR count). The van der Waals surface area contributed by atoms with Crippen molar-refractivity contribution in [1.82, 2.24) is 9.80 Å². The van der Waals surface area contributed by atoms with E-state index in [2.05, 4.69) is 5.32 Å². The van der Waals surface area contributed by atoms with Crippen LogP contribution in [0, 0.1) is 5.92 Å². The van der Waals surface area contributed by atoms with Gasteiger partial charge in [-0.15, -0.1) is 11.8 Å². The fourth-order valence-electron chi connectivity index (χ4n) is 4.84. The molecule has 4 aliphatic rings. The van der Waals surface area contributed by atoms with Crippen molar-refractivity contribution in [2.75, 3.05) is 44.7 Å². The van der Waals surface area contributed by atoms with E-state index in [4.69, 9.17) is 9.47 Å². The molecular formula is C22H27N3O5S. The first-order chi connectivity index (χ1) is 15.0. The van der Waals surface area contributed by atoms with Crippen molar-refractivity contribution in [3.63, 3.8) is 0 Å². The molecule has 4 heterocycles. The van der Waals surface area contributed by atoms with Gasteiger partial charge in [-0.3, -0.25) is 14.4 Å². The van der Waals surface area contributed by atoms with E-state index in [1.807, 2.05) is 29.2 Å². The molecule has 3 saturated heterocycles. The number of likely N-dealkylation sites (tertiary alicyclic amines) is 2. The summed E-state index contributed by atoms with van der Waals surface area (Å²) >= 11 is 1.30. The van der Waals surface area contributed by atoms with E-state index in [-0.39, 0.29) is 23.6 Å². The predicted molar refractivity (Wildman–Crippen MR) is 114 cm³/mol. The average molecular weight is 446 g/mol. The van der Waals surface area contributed by atoms with Crippen LogP contribution >= 0.6 is 11.8 Å². The summed E-state index contributed by atoms with van der Waals surface area (Å²) in [4.78, 5) is 43.0. The zero-order valence-corrected chi connectivity index (χ0v) is 18.2. The number of carbonyl (C=O) groups is 3. The molecule has 1 aromatic rings. The summed E-state index contributed by atoms with van der Waals surface area (Å²) in [5.74, 6) is -0.830. The largest absolute Gasteiger partial charge is 0.347 e. The first kappa shape index (κ1) is 20.8. The van der Waals surface area contributed by atoms with Gasteiger partial charge in [0.1, 0.15) is 0 Å². The Morgan fingerprint density at radius 2 is 1.61 bits per heavy atom. The molecule has 0 aromatic heterocycles. The Kier molecular flexibility index (Phi) is 5.66. The Morgan fingerprint density at radius 1 is 0.968 bits per heavy atom. The highest BCUT2D eigenvalue weighted by molar-refractivity contribution is 8.01. The van der Waals surface area contributed by atoms with Gasteiger partial charge in [0, 0.05) is 49.8 Å². The van der Waals surface area contributed by atoms with Crippen LogP contribution in [0.1, 0.15) is 25.7 Å². The second-order valence-corrected chi connectivity index (χ2v) is 9.66. The lowest BCUT2D eigenvalue weighted by Crippen LogP contribution is -2.52. The molecule has 1 spiro atoms. The summed E-state index contributed by atoms with van der Waals surface area (Å²) in [6.45, 7) is 3.57. The predicted octanol–water partition coefficient (Wildman–Crippen LogP) is 1.70. The third-order valence-electron chi connectivity index (χ3n) is 6.66. The molecule has 8 nitrogen and oxygen atoms in total. The molecule has 9 heteroatoms. The van der Waals surface area contributed by atoms with Crippen LogP contribution in [0.2, 0.25) is 0 Å². The van der Waals surface area contributed by atoms with E-state index in [0.717, 1.165) is 10.6 Å². The highest BCUT2D eigenvalue weighted by Gasteiger charge is 2.43. The Hall–Kier alpha value is -2.10. The van der Waals surface area contributed by atoms with Gasteiger partial charge in [0.25, 0.3) is 0 Å². The topological polar surface area (TPSA) is 88.2 Å². The third-order valence-corrected chi connectivity index (χ3v) is 7.92. The zero-order chi connectivity index (χ0) is 21.4. The molecule has 1 N–H and O–H groups in total. The molecule has 4 aliphatic heterocycles. The van der Waals surface area contributed by atoms with Crippen LogP contribution in [-0.4, -0.2) is 78.0 Å². The minimum Gasteiger partial charge on any atom is -0.347 e. The average Bonchev–Trinajstić information content (AvgIpc) is 3.26. The number of para-hydroxylation sites is 1. The molecule has 1 aromatic carbocycles. The maximum atomic E-state index is 13.0. The number of carbonyl (C=O) groups excluding carboxylic acids is 3. The molecule has 3 amide bonds. The number of rotatable bonds is 2. The maximum absolute atomic E-state index is 13.0. The molecule has 0 aliphatic carbocycles. The van der Waals surface area contributed by atoms with Crippen molar-refractivity contribution in [2.24, 2.45) is 5.92 Å². The van der Waals surface area contributed by atoms with E-state index in [1.165, 1.54) is 11.8 Å². The normalized spacial score (nSPS) is 25.9. The molecule has 0 bridgehead atoms. The van der Waals surface area contributed by atoms with Crippen molar-refractivity contribution in [2.45, 2.75) is 41.6 Å². The summed E-state index contributed by atoms with van der Waals surface area (Å²) < 4.78 is 11.5. The summed E-state index contributed by atoms with van der Waals surface area (Å²) in [7, 11) is 0. The summed E-state index contributed by atoms with van der Waals surface area (Å²) in [5, 5.41) is 2.06. The zero-order valence-electron chi connectivity index (χ0n) is 17.4. The first-order valence-corrected chi connectivity index (χ1v) is 11.8. The Morgan fingerprint density at radius 3 is 2.32 bits per heavy atom. The quantitative estimate of drug-likeness (QED) is 0.698. The smallest absolute Gasteiger partial charge is 0.247 e. The lowest BCUT2D eigenvalue weighted by molar-refractivity contribution is -0.188. The van der Waals surface area contributed by atoms with Gasteiger partial charge in [-0.05, 0) is 25.0 Å². The lowest BCUT2D eigenvalue weighted by Gasteiger charge is -2.40. The number of piperidine rings is 2. The lowest BCUT2D eigenvalue weighted by atomic mass is 9.93. The number of fused-ring (bicyclic) bond motifs is 1. The molecule has 3 fully saturated rings. The van der Waals surface area contributed by atoms with Crippen molar-refractivity contribution < 1.29 is 23.9 Å². The molecule has 1 atom stereocenters. The minimum absolute atomic E-state index is 0.0722. The van der Waals surface area contributed by atoms with Crippen LogP contribution in [0.5, 0.6) is 0 Å². The minimum atomic E-state index is -0.771. The van der Waals surface area contributed by atoms with E-state index < -0.39 is 11.0 Å². The van der Waals surface area contributed by atoms with Gasteiger partial charge in [0.2, 0.25) is 17.7 Å². The fraction of sp³-hybridized carbons (Fsp3) is 0.591. The van der Waals surface area contributed by atoms with Gasteiger partial charge in [-0.2, -0.15) is 0 Å². The van der Waals surface area contributed by atoms with Crippen LogP contribution in [0.25, 0.3) is 0 Å². The summed E-state index contributed by atoms with van der Waals surface area (Å²) in [5.41, 5.74) is 0.752. The summed E-state index contributed by atoms with van der Waals surface area (Å²) in [6, 6.07) is 7.51. The maximum Gasteiger partial charge on any atom is 0.247 e. The number of nitrogens with zero attached hydrogens (tertiary/aromatic N) is 2. The van der Waals surface area contributed by atoms with Crippen molar-refractivity contribution in [3.05, 3.63) is 24.3 Å². The molecule has 31 heavy (non-hydrogen) atoms. The van der Waals surface area contributed by atoms with Gasteiger partial charge in [0.05, 0.1) is 18.9 Å². The number of thioether (sulfide) groups is 1. The van der Waals surface area contributed by atoms with Gasteiger partial charge < -0.3 is 24.6 Å². The molecular weight excluding hydrogens is 418 g/mol. The van der Waals surface area contributed by atoms with Crippen LogP contribution < -0.4 is 5.32 Å². The Bertz CT molecular complexity index is 870. The summed E-state index contributed by atoms with van der Waals surface area (Å²) in [6.07, 6.45) is 2.70. The first-order valence-electron chi connectivity index (χ1n) is 11.0. The third kappa shape index (κ3) is 4.06. The highest BCUT2D eigenvalue weighted by Crippen LogP contribution is 2.37. The van der Waals surface area contributed by atoms with E-state index >= 15 is 0 Å². The molecule has 1 unspecified atom stereocenters. The number of hydrogen-bond donors (Lipinski definition) is 1. The van der Waals surface area contributed by atoms with Crippen LogP contribution in [-0.2, 0) is 23.9 Å². The standard InChI is InChI=1S/C22H27N3O5S/c26-19-18(31-17-4-2-1-3-16(17)23-19)21(28)24-9-5-15(6-10-24)20(27)25-11-7-22(8-12-25)29-13-14-30-22/h1-4,15,18H,5-14H2,(H,23,26). The monoisotopic (exact) mass is 445 g/mol. The second kappa shape index (κ2) is 8.44. The van der Waals surface area contributed by atoms with Crippen LogP contribution in [0.15, 0.2) is 29.2 Å². The Balaban J connectivity index is 1.14. The van der Waals surface area contributed by atoms with Crippen LogP contribution in [0.3, 0.4) is 0 Å². The van der Waals surface area contributed by atoms with Gasteiger partial charge in [-0.1, -0.05) is 12.1 Å². The highest BCUT2D eigenvalue weighted by atomic mass is 32.2. The number of nitrogens with one attached hydrogen (secondary N) is 1. The fourth-order valence-corrected chi connectivity index (χ4v) is 5.91. The second-order valence-electron chi connectivity index (χ2n) is 8.52. The number of ether oxygens (including phenoxy) is 2. The molecule has 0 radical (unpaired) electrons. The molecule has 166 valence electrons. The number of amides is 3. The van der Waals surface area contributed by atoms with Crippen molar-refractivity contribution >= 4 is 35.2 Å². The Labute approximate surface area is 185 Å². The molecule has 0 saturated carbocycles. The van der Waals surface area contributed by atoms with E-state index in [9.17, 15) is 14.4 Å². The van der Waals surface area contributed by atoms with Gasteiger partial charge in [0.15, 0.2) is 11.0 Å². The van der Waals surface area contributed by atoms with Gasteiger partial charge >= 0.3 is 0 Å². The van der Waals surface area contributed by atoms with Crippen molar-refractivity contribution in [3.8, 4) is 0 Å². The van der Waals surface area contributed by atoms with E-state index in [1.54, 1.807) is 4.90 Å². The van der Waals surface area contributed by atoms with Gasteiger partial charge in [-0.25, -0.2) is 0 Å². The SMILES string of the molecule is O=C1Nc2ccccc2SC1C(=O)N1CCC(C(=O)N2CCC3(CC2)OCCO3)CC1. The van der Waals surface area contributed by atoms with Crippen molar-refractivity contribution in [1.29, 1.82) is 0 Å². The number of hydrogen-bond acceptors (Lipinski definition) is 6.